The highest BCUT2D eigenvalue weighted by Crippen LogP contribution is 2.25. The van der Waals surface area contributed by atoms with Crippen LogP contribution in [0.5, 0.6) is 11.5 Å². The number of amides is 1. The van der Waals surface area contributed by atoms with Crippen LogP contribution < -0.4 is 10.2 Å². The first-order valence-corrected chi connectivity index (χ1v) is 10.7. The molecule has 0 fully saturated rings. The van der Waals surface area contributed by atoms with Crippen molar-refractivity contribution in [3.05, 3.63) is 105 Å². The molecule has 0 spiro atoms. The van der Waals surface area contributed by atoms with Gasteiger partial charge in [0.1, 0.15) is 18.1 Å². The lowest BCUT2D eigenvalue weighted by molar-refractivity contribution is 0.0952. The summed E-state index contributed by atoms with van der Waals surface area (Å²) in [6.45, 7) is 0.496. The lowest BCUT2D eigenvalue weighted by Crippen LogP contribution is -2.17. The van der Waals surface area contributed by atoms with Gasteiger partial charge in [-0.2, -0.15) is 5.10 Å². The number of phenolic OH excluding ortho intramolecular Hbond substituents is 1. The maximum absolute atomic E-state index is 12.4. The van der Waals surface area contributed by atoms with Crippen molar-refractivity contribution in [2.24, 2.45) is 5.10 Å². The molecule has 4 rings (SSSR count). The third kappa shape index (κ3) is 5.21. The summed E-state index contributed by atoms with van der Waals surface area (Å²) >= 11 is 2.21. The van der Waals surface area contributed by atoms with Gasteiger partial charge in [0, 0.05) is 0 Å². The van der Waals surface area contributed by atoms with Crippen molar-refractivity contribution < 1.29 is 14.6 Å². The summed E-state index contributed by atoms with van der Waals surface area (Å²) in [5, 5.41) is 15.9. The minimum absolute atomic E-state index is 0.0825. The summed E-state index contributed by atoms with van der Waals surface area (Å²) < 4.78 is 6.82. The predicted molar refractivity (Wildman–Crippen MR) is 131 cm³/mol. The molecule has 0 radical (unpaired) electrons. The number of benzene rings is 4. The van der Waals surface area contributed by atoms with Crippen LogP contribution in [0, 0.1) is 3.57 Å². The van der Waals surface area contributed by atoms with E-state index in [0.29, 0.717) is 6.61 Å². The van der Waals surface area contributed by atoms with Gasteiger partial charge < -0.3 is 9.84 Å². The van der Waals surface area contributed by atoms with Crippen molar-refractivity contribution in [1.29, 1.82) is 0 Å². The largest absolute Gasteiger partial charge is 0.507 e. The summed E-state index contributed by atoms with van der Waals surface area (Å²) in [6, 6.07) is 26.4. The molecule has 0 aliphatic carbocycles. The Labute approximate surface area is 193 Å². The molecule has 2 N–H and O–H groups in total. The number of carbonyl (C=O) groups excluding carboxylic acids is 1. The number of phenols is 1. The fraction of sp³-hybridized carbons (Fsp3) is 0.0400. The lowest BCUT2D eigenvalue weighted by atomic mass is 10.1. The predicted octanol–water partition coefficient (Wildman–Crippen LogP) is 5.49. The zero-order chi connectivity index (χ0) is 21.6. The molecule has 154 valence electrons. The number of halogens is 1. The van der Waals surface area contributed by atoms with Crippen LogP contribution in [0.25, 0.3) is 10.8 Å². The average Bonchev–Trinajstić information content (AvgIpc) is 2.78. The lowest BCUT2D eigenvalue weighted by Gasteiger charge is -2.09. The normalized spacial score (nSPS) is 11.0. The number of rotatable bonds is 6. The zero-order valence-corrected chi connectivity index (χ0v) is 18.6. The van der Waals surface area contributed by atoms with Crippen molar-refractivity contribution in [3.8, 4) is 11.5 Å². The highest BCUT2D eigenvalue weighted by molar-refractivity contribution is 14.1. The first-order chi connectivity index (χ1) is 15.1. The van der Waals surface area contributed by atoms with Gasteiger partial charge in [-0.05, 0) is 74.8 Å². The van der Waals surface area contributed by atoms with Crippen LogP contribution in [0.15, 0.2) is 90.0 Å². The molecule has 0 aromatic heterocycles. The van der Waals surface area contributed by atoms with E-state index in [0.717, 1.165) is 31.2 Å². The summed E-state index contributed by atoms with van der Waals surface area (Å²) in [5.74, 6) is 0.226. The Balaban J connectivity index is 1.40. The average molecular weight is 522 g/mol. The minimum atomic E-state index is -0.475. The maximum atomic E-state index is 12.4. The highest BCUT2D eigenvalue weighted by Gasteiger charge is 2.11. The standard InChI is InChI=1S/C25H19IN2O3/c26-22-12-18(10-11-24(22)31-16-17-6-2-1-3-7-17)15-27-28-25(30)21-13-19-8-4-5-9-20(19)14-23(21)29/h1-15,29H,16H2,(H,28,30). The van der Waals surface area contributed by atoms with E-state index in [1.165, 1.54) is 0 Å². The van der Waals surface area contributed by atoms with E-state index in [4.69, 9.17) is 4.74 Å². The molecule has 4 aromatic carbocycles. The highest BCUT2D eigenvalue weighted by atomic mass is 127. The van der Waals surface area contributed by atoms with Gasteiger partial charge in [0.05, 0.1) is 15.3 Å². The van der Waals surface area contributed by atoms with Gasteiger partial charge in [-0.15, -0.1) is 0 Å². The molecule has 1 amide bonds. The van der Waals surface area contributed by atoms with E-state index in [1.54, 1.807) is 18.3 Å². The number of nitrogens with one attached hydrogen (secondary N) is 1. The first-order valence-electron chi connectivity index (χ1n) is 9.61. The third-order valence-corrected chi connectivity index (χ3v) is 5.52. The fourth-order valence-electron chi connectivity index (χ4n) is 3.09. The fourth-order valence-corrected chi connectivity index (χ4v) is 3.78. The van der Waals surface area contributed by atoms with Crippen LogP contribution in [-0.2, 0) is 6.61 Å². The van der Waals surface area contributed by atoms with Crippen LogP contribution >= 0.6 is 22.6 Å². The second-order valence-electron chi connectivity index (χ2n) is 6.88. The topological polar surface area (TPSA) is 70.9 Å². The van der Waals surface area contributed by atoms with Gasteiger partial charge >= 0.3 is 0 Å². The Morgan fingerprint density at radius 1 is 0.968 bits per heavy atom. The Kier molecular flexibility index (Phi) is 6.47. The molecule has 0 unspecified atom stereocenters. The third-order valence-electron chi connectivity index (χ3n) is 4.68. The number of hydrazone groups is 1. The molecule has 0 aliphatic heterocycles. The number of fused-ring (bicyclic) bond motifs is 1. The monoisotopic (exact) mass is 522 g/mol. The van der Waals surface area contributed by atoms with Crippen molar-refractivity contribution in [3.63, 3.8) is 0 Å². The molecule has 5 nitrogen and oxygen atoms in total. The number of hydrogen-bond acceptors (Lipinski definition) is 4. The second-order valence-corrected chi connectivity index (χ2v) is 8.04. The summed E-state index contributed by atoms with van der Waals surface area (Å²) in [7, 11) is 0. The molecule has 0 saturated carbocycles. The molecule has 0 saturated heterocycles. The molecular formula is C25H19IN2O3. The van der Waals surface area contributed by atoms with E-state index in [2.05, 4.69) is 33.1 Å². The van der Waals surface area contributed by atoms with Gasteiger partial charge in [0.25, 0.3) is 5.91 Å². The second kappa shape index (κ2) is 9.61. The van der Waals surface area contributed by atoms with E-state index >= 15 is 0 Å². The summed E-state index contributed by atoms with van der Waals surface area (Å²) in [4.78, 5) is 12.4. The van der Waals surface area contributed by atoms with E-state index in [-0.39, 0.29) is 11.3 Å². The first kappa shape index (κ1) is 20.9. The molecule has 0 heterocycles. The number of carbonyl (C=O) groups is 1. The van der Waals surface area contributed by atoms with Crippen molar-refractivity contribution >= 4 is 45.5 Å². The van der Waals surface area contributed by atoms with Crippen molar-refractivity contribution in [2.75, 3.05) is 0 Å². The summed E-state index contributed by atoms with van der Waals surface area (Å²) in [5.41, 5.74) is 4.57. The van der Waals surface area contributed by atoms with Gasteiger partial charge in [-0.25, -0.2) is 5.43 Å². The van der Waals surface area contributed by atoms with E-state index in [9.17, 15) is 9.90 Å². The number of nitrogens with zero attached hydrogens (tertiary/aromatic N) is 1. The van der Waals surface area contributed by atoms with Gasteiger partial charge in [0.2, 0.25) is 0 Å². The van der Waals surface area contributed by atoms with Gasteiger partial charge in [-0.1, -0.05) is 54.6 Å². The van der Waals surface area contributed by atoms with Crippen LogP contribution in [0.4, 0.5) is 0 Å². The minimum Gasteiger partial charge on any atom is -0.507 e. The number of hydrogen-bond donors (Lipinski definition) is 2. The molecule has 6 heteroatoms. The Bertz CT molecular complexity index is 1260. The quantitative estimate of drug-likeness (QED) is 0.200. The molecule has 0 bridgehead atoms. The van der Waals surface area contributed by atoms with Crippen LogP contribution in [0.2, 0.25) is 0 Å². The van der Waals surface area contributed by atoms with Crippen molar-refractivity contribution in [2.45, 2.75) is 6.61 Å². The molecular weight excluding hydrogens is 503 g/mol. The molecule has 0 atom stereocenters. The molecule has 0 aliphatic rings. The van der Waals surface area contributed by atoms with Crippen molar-refractivity contribution in [1.82, 2.24) is 5.43 Å². The number of ether oxygens (including phenoxy) is 1. The van der Waals surface area contributed by atoms with E-state index < -0.39 is 5.91 Å². The van der Waals surface area contributed by atoms with Crippen LogP contribution in [0.1, 0.15) is 21.5 Å². The molecule has 31 heavy (non-hydrogen) atoms. The van der Waals surface area contributed by atoms with Crippen LogP contribution in [-0.4, -0.2) is 17.2 Å². The SMILES string of the molecule is O=C(NN=Cc1ccc(OCc2ccccc2)c(I)c1)c1cc2ccccc2cc1O. The summed E-state index contributed by atoms with van der Waals surface area (Å²) in [6.07, 6.45) is 1.55. The molecule has 4 aromatic rings. The Morgan fingerprint density at radius 2 is 1.68 bits per heavy atom. The van der Waals surface area contributed by atoms with E-state index in [1.807, 2.05) is 72.8 Å². The zero-order valence-electron chi connectivity index (χ0n) is 16.5. The number of aromatic hydroxyl groups is 1. The Morgan fingerprint density at radius 3 is 2.42 bits per heavy atom. The van der Waals surface area contributed by atoms with Gasteiger partial charge in [-0.3, -0.25) is 4.79 Å². The Hall–Kier alpha value is -3.39. The van der Waals surface area contributed by atoms with Gasteiger partial charge in [0.15, 0.2) is 0 Å². The van der Waals surface area contributed by atoms with Crippen LogP contribution in [0.3, 0.4) is 0 Å². The smallest absolute Gasteiger partial charge is 0.275 e. The maximum Gasteiger partial charge on any atom is 0.275 e.